The van der Waals surface area contributed by atoms with Gasteiger partial charge in [0.2, 0.25) is 17.7 Å². The summed E-state index contributed by atoms with van der Waals surface area (Å²) in [6.07, 6.45) is 1.55. The summed E-state index contributed by atoms with van der Waals surface area (Å²) < 4.78 is 17.7. The topological polar surface area (TPSA) is 221 Å². The van der Waals surface area contributed by atoms with E-state index in [-0.39, 0.29) is 36.9 Å². The predicted molar refractivity (Wildman–Crippen MR) is 196 cm³/mol. The van der Waals surface area contributed by atoms with Gasteiger partial charge in [-0.05, 0) is 79.1 Å². The number of para-hydroxylation sites is 1. The number of anilines is 1. The van der Waals surface area contributed by atoms with Crippen LogP contribution >= 0.6 is 7.60 Å². The second kappa shape index (κ2) is 15.5. The number of nitrogens with zero attached hydrogens (tertiary/aromatic N) is 1. The Morgan fingerprint density at radius 3 is 2.49 bits per heavy atom. The van der Waals surface area contributed by atoms with E-state index >= 15 is 0 Å². The lowest BCUT2D eigenvalue weighted by Crippen LogP contribution is -2.56. The van der Waals surface area contributed by atoms with Gasteiger partial charge < -0.3 is 35.9 Å². The molecule has 4 aromatic rings. The first-order valence-electron chi connectivity index (χ1n) is 17.5. The maximum atomic E-state index is 14.3. The number of aryl methyl sites for hydroxylation is 2. The van der Waals surface area contributed by atoms with Gasteiger partial charge in [-0.15, -0.1) is 0 Å². The molecule has 14 nitrogen and oxygen atoms in total. The van der Waals surface area contributed by atoms with E-state index in [2.05, 4.69) is 22.5 Å². The second-order valence-corrected chi connectivity index (χ2v) is 15.0. The van der Waals surface area contributed by atoms with Crippen LogP contribution in [0.4, 0.5) is 5.69 Å². The average molecular weight is 744 g/mol. The monoisotopic (exact) mass is 743 g/mol. The molecule has 4 amide bonds. The van der Waals surface area contributed by atoms with Gasteiger partial charge in [-0.3, -0.25) is 33.4 Å². The van der Waals surface area contributed by atoms with Crippen LogP contribution in [0.5, 0.6) is 0 Å². The minimum Gasteiger partial charge on any atom is -0.372 e. The minimum absolute atomic E-state index is 0.0189. The number of H-pyrrole nitrogens is 1. The van der Waals surface area contributed by atoms with Gasteiger partial charge in [0.05, 0.1) is 24.4 Å². The molecule has 0 spiro atoms. The number of fused-ring (bicyclic) bond motifs is 1. The van der Waals surface area contributed by atoms with Gasteiger partial charge in [0.15, 0.2) is 0 Å². The molecule has 278 valence electrons. The summed E-state index contributed by atoms with van der Waals surface area (Å²) >= 11 is 0. The highest BCUT2D eigenvalue weighted by Gasteiger charge is 2.44. The van der Waals surface area contributed by atoms with Crippen molar-refractivity contribution in [1.29, 1.82) is 0 Å². The Morgan fingerprint density at radius 2 is 1.77 bits per heavy atom. The van der Waals surface area contributed by atoms with Crippen LogP contribution in [-0.2, 0) is 49.6 Å². The SMILES string of the molecule is CCc1ccccc1CO[C@H](C)[C@H](CCC(N)=O)NC(=O)[C@@H]1Cc2cccc3c2N1C(=O)[C@@H](NC(=O)c1cc2cc(C(=O)P(=O)(O)O)ccc2[nH]1)CC3. The molecule has 4 atom stereocenters. The summed E-state index contributed by atoms with van der Waals surface area (Å²) in [7, 11) is -5.01. The zero-order valence-electron chi connectivity index (χ0n) is 29.3. The van der Waals surface area contributed by atoms with Gasteiger partial charge in [-0.2, -0.15) is 0 Å². The third-order valence-electron chi connectivity index (χ3n) is 9.99. The fourth-order valence-corrected chi connectivity index (χ4v) is 7.62. The summed E-state index contributed by atoms with van der Waals surface area (Å²) in [6.45, 7) is 4.19. The van der Waals surface area contributed by atoms with Gasteiger partial charge in [0.1, 0.15) is 17.8 Å². The number of nitrogens with one attached hydrogen (secondary N) is 3. The van der Waals surface area contributed by atoms with Crippen molar-refractivity contribution in [3.8, 4) is 0 Å². The van der Waals surface area contributed by atoms with Crippen LogP contribution in [0.3, 0.4) is 0 Å². The largest absolute Gasteiger partial charge is 0.396 e. The van der Waals surface area contributed by atoms with Crippen LogP contribution < -0.4 is 21.3 Å². The number of primary amides is 1. The van der Waals surface area contributed by atoms with Crippen LogP contribution in [0.25, 0.3) is 10.9 Å². The summed E-state index contributed by atoms with van der Waals surface area (Å²) in [5.74, 6) is -2.02. The first kappa shape index (κ1) is 37.6. The van der Waals surface area contributed by atoms with Crippen molar-refractivity contribution in [1.82, 2.24) is 15.6 Å². The third-order valence-corrected chi connectivity index (χ3v) is 10.8. The number of aromatic amines is 1. The fraction of sp³-hybridized carbons (Fsp3) is 0.342. The number of hydrogen-bond acceptors (Lipinski definition) is 7. The van der Waals surface area contributed by atoms with Gasteiger partial charge in [-0.25, -0.2) is 0 Å². The zero-order chi connectivity index (χ0) is 38.0. The van der Waals surface area contributed by atoms with Gasteiger partial charge in [0.25, 0.3) is 11.4 Å². The maximum absolute atomic E-state index is 14.3. The Labute approximate surface area is 305 Å². The molecule has 0 fully saturated rings. The zero-order valence-corrected chi connectivity index (χ0v) is 30.2. The van der Waals surface area contributed by atoms with Crippen molar-refractivity contribution >= 4 is 53.3 Å². The molecule has 53 heavy (non-hydrogen) atoms. The number of hydrogen-bond donors (Lipinski definition) is 6. The van der Waals surface area contributed by atoms with Crippen molar-refractivity contribution in [2.75, 3.05) is 4.90 Å². The first-order chi connectivity index (χ1) is 25.2. The number of benzene rings is 3. The highest BCUT2D eigenvalue weighted by atomic mass is 31.2. The van der Waals surface area contributed by atoms with Crippen LogP contribution in [0.1, 0.15) is 76.2 Å². The number of nitrogens with two attached hydrogens (primary N) is 1. The smallest absolute Gasteiger partial charge is 0.372 e. The molecule has 2 aliphatic heterocycles. The third kappa shape index (κ3) is 8.11. The van der Waals surface area contributed by atoms with Crippen molar-refractivity contribution in [3.63, 3.8) is 0 Å². The van der Waals surface area contributed by atoms with E-state index in [0.717, 1.165) is 28.7 Å². The van der Waals surface area contributed by atoms with E-state index < -0.39 is 61.0 Å². The Balaban J connectivity index is 1.20. The van der Waals surface area contributed by atoms with Crippen LogP contribution in [0.2, 0.25) is 0 Å². The molecule has 6 rings (SSSR count). The highest BCUT2D eigenvalue weighted by Crippen LogP contribution is 2.40. The van der Waals surface area contributed by atoms with Crippen LogP contribution in [-0.4, -0.2) is 68.2 Å². The molecule has 1 aromatic heterocycles. The molecule has 0 radical (unpaired) electrons. The van der Waals surface area contributed by atoms with Crippen LogP contribution in [0, 0.1) is 0 Å². The molecule has 3 aromatic carbocycles. The summed E-state index contributed by atoms with van der Waals surface area (Å²) in [6, 6.07) is 16.5. The molecule has 15 heteroatoms. The van der Waals surface area contributed by atoms with E-state index in [0.29, 0.717) is 29.6 Å². The predicted octanol–water partition coefficient (Wildman–Crippen LogP) is 3.41. The second-order valence-electron chi connectivity index (χ2n) is 13.5. The van der Waals surface area contributed by atoms with E-state index in [1.54, 1.807) is 0 Å². The molecule has 0 saturated heterocycles. The summed E-state index contributed by atoms with van der Waals surface area (Å²) in [5.41, 5.74) is 8.97. The highest BCUT2D eigenvalue weighted by molar-refractivity contribution is 7.70. The lowest BCUT2D eigenvalue weighted by atomic mass is 10.0. The molecule has 0 aliphatic carbocycles. The van der Waals surface area contributed by atoms with Crippen LogP contribution in [0.15, 0.2) is 66.7 Å². The summed E-state index contributed by atoms with van der Waals surface area (Å²) in [5, 5.41) is 6.23. The molecule has 0 unspecified atom stereocenters. The van der Waals surface area contributed by atoms with Gasteiger partial charge in [-0.1, -0.05) is 49.4 Å². The van der Waals surface area contributed by atoms with Gasteiger partial charge in [0, 0.05) is 29.3 Å². The number of carbonyl (C=O) groups is 5. The van der Waals surface area contributed by atoms with E-state index in [1.165, 1.54) is 29.2 Å². The van der Waals surface area contributed by atoms with E-state index in [1.807, 2.05) is 49.4 Å². The normalized spacial score (nSPS) is 17.9. The Hall–Kier alpha value is -5.14. The van der Waals surface area contributed by atoms with E-state index in [4.69, 9.17) is 10.5 Å². The molecule has 0 bridgehead atoms. The number of carbonyl (C=O) groups excluding carboxylic acids is 5. The molecular weight excluding hydrogens is 701 g/mol. The van der Waals surface area contributed by atoms with Crippen molar-refractivity contribution in [2.45, 2.75) is 83.2 Å². The fourth-order valence-electron chi connectivity index (χ4n) is 7.15. The number of ether oxygens (including phenoxy) is 1. The first-order valence-corrected chi connectivity index (χ1v) is 19.1. The maximum Gasteiger partial charge on any atom is 0.396 e. The molecule has 2 aliphatic rings. The van der Waals surface area contributed by atoms with Crippen molar-refractivity contribution < 1.29 is 43.1 Å². The lowest BCUT2D eigenvalue weighted by Gasteiger charge is -2.31. The molecule has 7 N–H and O–H groups in total. The Morgan fingerprint density at radius 1 is 1.04 bits per heavy atom. The Kier molecular flexibility index (Phi) is 11.0. The summed E-state index contributed by atoms with van der Waals surface area (Å²) in [4.78, 5) is 88.9. The number of rotatable bonds is 14. The van der Waals surface area contributed by atoms with Crippen molar-refractivity contribution in [2.24, 2.45) is 5.73 Å². The molecule has 0 saturated carbocycles. The molecular formula is C38H42N5O9P. The average Bonchev–Trinajstić information content (AvgIpc) is 3.71. The van der Waals surface area contributed by atoms with Crippen molar-refractivity contribution in [3.05, 3.63) is 100 Å². The van der Waals surface area contributed by atoms with E-state index in [9.17, 15) is 38.3 Å². The minimum atomic E-state index is -5.01. The molecule has 3 heterocycles. The standard InChI is InChI=1S/C38H42N5O9P/c1-3-22-7-4-5-8-26(22)20-52-21(2)28(15-16-33(39)44)41-36(46)32-19-24-10-6-9-23-11-14-30(37(47)43(32)34(23)24)42-35(45)31-18-27-17-25(12-13-29(27)40-31)38(48)53(49,50)51/h4-10,12-13,17-18,21,28,30,32,40H,3,11,14-16,19-20H2,1-2H3,(H2,39,44)(H,41,46)(H,42,45)(H2,49,50,51)/t21-,28+,30+,32+/m1/s1. The number of amides is 4. The quantitative estimate of drug-likeness (QED) is 0.104. The van der Waals surface area contributed by atoms with Gasteiger partial charge >= 0.3 is 7.60 Å². The lowest BCUT2D eigenvalue weighted by molar-refractivity contribution is -0.128. The number of aromatic nitrogens is 1. The Bertz CT molecular complexity index is 2140.